The second kappa shape index (κ2) is 8.58. The van der Waals surface area contributed by atoms with Gasteiger partial charge in [-0.15, -0.1) is 5.10 Å². The Kier molecular flexibility index (Phi) is 5.74. The Hall–Kier alpha value is -3.73. The first kappa shape index (κ1) is 18.1. The minimum Gasteiger partial charge on any atom is -0.406 e. The van der Waals surface area contributed by atoms with Crippen LogP contribution in [0.5, 0.6) is 0 Å². The molecule has 3 rings (SSSR count). The molecular formula is C19H18N6O2. The van der Waals surface area contributed by atoms with Gasteiger partial charge in [-0.25, -0.2) is 4.98 Å². The van der Waals surface area contributed by atoms with Gasteiger partial charge in [-0.05, 0) is 23.6 Å². The third kappa shape index (κ3) is 5.12. The highest BCUT2D eigenvalue weighted by atomic mass is 16.4. The van der Waals surface area contributed by atoms with E-state index in [2.05, 4.69) is 15.2 Å². The summed E-state index contributed by atoms with van der Waals surface area (Å²) in [4.78, 5) is 18.4. The Morgan fingerprint density at radius 3 is 2.56 bits per heavy atom. The van der Waals surface area contributed by atoms with E-state index in [1.165, 1.54) is 0 Å². The van der Waals surface area contributed by atoms with Crippen molar-refractivity contribution in [2.75, 3.05) is 5.73 Å². The molecule has 0 radical (unpaired) electrons. The van der Waals surface area contributed by atoms with Gasteiger partial charge in [0.25, 0.3) is 0 Å². The van der Waals surface area contributed by atoms with Crippen LogP contribution in [0.4, 0.5) is 6.01 Å². The van der Waals surface area contributed by atoms with Crippen molar-refractivity contribution in [3.05, 3.63) is 71.4 Å². The summed E-state index contributed by atoms with van der Waals surface area (Å²) in [6.45, 7) is 0.465. The Bertz CT molecular complexity index is 931. The van der Waals surface area contributed by atoms with Gasteiger partial charge in [-0.2, -0.15) is 5.26 Å². The third-order valence-corrected chi connectivity index (χ3v) is 3.94. The maximum Gasteiger partial charge on any atom is 0.312 e. The molecule has 0 aliphatic carbocycles. The highest BCUT2D eigenvalue weighted by Crippen LogP contribution is 2.13. The van der Waals surface area contributed by atoms with Crippen LogP contribution in [0.25, 0.3) is 0 Å². The van der Waals surface area contributed by atoms with Crippen molar-refractivity contribution in [3.63, 3.8) is 0 Å². The molecule has 2 N–H and O–H groups in total. The van der Waals surface area contributed by atoms with Crippen LogP contribution in [0.1, 0.15) is 29.1 Å². The molecule has 27 heavy (non-hydrogen) atoms. The molecule has 8 nitrogen and oxygen atoms in total. The number of hydrogen-bond acceptors (Lipinski definition) is 7. The summed E-state index contributed by atoms with van der Waals surface area (Å²) in [6.07, 6.45) is 2.56. The first-order chi connectivity index (χ1) is 13.1. The van der Waals surface area contributed by atoms with Crippen molar-refractivity contribution >= 4 is 11.9 Å². The van der Waals surface area contributed by atoms with Gasteiger partial charge >= 0.3 is 6.01 Å². The third-order valence-electron chi connectivity index (χ3n) is 3.94. The second-order valence-electron chi connectivity index (χ2n) is 5.93. The molecule has 0 aliphatic heterocycles. The molecule has 2 heterocycles. The molecule has 1 amide bonds. The summed E-state index contributed by atoms with van der Waals surface area (Å²) in [5.41, 5.74) is 7.68. The van der Waals surface area contributed by atoms with E-state index in [0.29, 0.717) is 25.1 Å². The maximum atomic E-state index is 12.8. The molecule has 3 aromatic rings. The molecule has 8 heteroatoms. The van der Waals surface area contributed by atoms with Gasteiger partial charge in [0.1, 0.15) is 11.8 Å². The molecule has 0 saturated heterocycles. The quantitative estimate of drug-likeness (QED) is 0.682. The zero-order valence-corrected chi connectivity index (χ0v) is 14.6. The molecule has 0 atom stereocenters. The molecule has 0 saturated carbocycles. The highest BCUT2D eigenvalue weighted by Gasteiger charge is 2.18. The zero-order chi connectivity index (χ0) is 19.1. The Balaban J connectivity index is 1.71. The molecule has 0 bridgehead atoms. The van der Waals surface area contributed by atoms with Crippen LogP contribution in [0, 0.1) is 11.3 Å². The standard InChI is InChI=1S/C19H18N6O2/c20-10-16-8-6-15(11-22-16)12-25(13-17-23-24-19(21)27-17)18(26)9-7-14-4-2-1-3-5-14/h1-6,8,11H,7,9,12-13H2,(H2,21,24). The van der Waals surface area contributed by atoms with Crippen LogP contribution in [0.2, 0.25) is 0 Å². The fraction of sp³-hybridized carbons (Fsp3) is 0.211. The van der Waals surface area contributed by atoms with Crippen LogP contribution in [0.15, 0.2) is 53.1 Å². The average Bonchev–Trinajstić information content (AvgIpc) is 3.11. The van der Waals surface area contributed by atoms with E-state index in [-0.39, 0.29) is 24.4 Å². The van der Waals surface area contributed by atoms with Gasteiger partial charge < -0.3 is 15.1 Å². The largest absolute Gasteiger partial charge is 0.406 e. The van der Waals surface area contributed by atoms with Crippen LogP contribution in [0.3, 0.4) is 0 Å². The molecule has 0 unspecified atom stereocenters. The highest BCUT2D eigenvalue weighted by molar-refractivity contribution is 5.76. The van der Waals surface area contributed by atoms with Crippen molar-refractivity contribution in [2.45, 2.75) is 25.9 Å². The normalized spacial score (nSPS) is 10.3. The number of nitrogens with zero attached hydrogens (tertiary/aromatic N) is 5. The molecule has 0 fully saturated rings. The topological polar surface area (TPSA) is 122 Å². The first-order valence-electron chi connectivity index (χ1n) is 8.38. The number of carbonyl (C=O) groups excluding carboxylic acids is 1. The van der Waals surface area contributed by atoms with Crippen LogP contribution < -0.4 is 5.73 Å². The predicted octanol–water partition coefficient (Wildman–Crippen LogP) is 2.08. The van der Waals surface area contributed by atoms with Gasteiger partial charge in [-0.1, -0.05) is 41.5 Å². The number of hydrogen-bond donors (Lipinski definition) is 1. The molecule has 2 aromatic heterocycles. The number of aryl methyl sites for hydroxylation is 1. The number of anilines is 1. The Morgan fingerprint density at radius 2 is 1.93 bits per heavy atom. The van der Waals surface area contributed by atoms with Gasteiger partial charge in [0.2, 0.25) is 11.8 Å². The van der Waals surface area contributed by atoms with Crippen LogP contribution >= 0.6 is 0 Å². The summed E-state index contributed by atoms with van der Waals surface area (Å²) in [5.74, 6) is 0.210. The van der Waals surface area contributed by atoms with E-state index >= 15 is 0 Å². The van der Waals surface area contributed by atoms with Crippen molar-refractivity contribution in [3.8, 4) is 6.07 Å². The van der Waals surface area contributed by atoms with E-state index in [9.17, 15) is 4.79 Å². The molecule has 1 aromatic carbocycles. The van der Waals surface area contributed by atoms with E-state index in [1.807, 2.05) is 36.4 Å². The Labute approximate surface area is 156 Å². The predicted molar refractivity (Wildman–Crippen MR) is 96.7 cm³/mol. The molecule has 0 aliphatic rings. The minimum absolute atomic E-state index is 0.0401. The second-order valence-corrected chi connectivity index (χ2v) is 5.93. The number of nitrogen functional groups attached to an aromatic ring is 1. The van der Waals surface area contributed by atoms with Gasteiger partial charge in [0, 0.05) is 19.2 Å². The van der Waals surface area contributed by atoms with Crippen molar-refractivity contribution in [1.82, 2.24) is 20.1 Å². The van der Waals surface area contributed by atoms with E-state index in [4.69, 9.17) is 15.4 Å². The maximum absolute atomic E-state index is 12.8. The Morgan fingerprint density at radius 1 is 1.11 bits per heavy atom. The summed E-state index contributed by atoms with van der Waals surface area (Å²) in [7, 11) is 0. The number of rotatable bonds is 7. The number of benzene rings is 1. The number of aromatic nitrogens is 3. The van der Waals surface area contributed by atoms with Gasteiger partial charge in [-0.3, -0.25) is 4.79 Å². The van der Waals surface area contributed by atoms with E-state index in [1.54, 1.807) is 23.2 Å². The lowest BCUT2D eigenvalue weighted by Gasteiger charge is -2.21. The van der Waals surface area contributed by atoms with E-state index in [0.717, 1.165) is 11.1 Å². The first-order valence-corrected chi connectivity index (χ1v) is 8.38. The minimum atomic E-state index is -0.0556. The molecular weight excluding hydrogens is 344 g/mol. The summed E-state index contributed by atoms with van der Waals surface area (Å²) in [5, 5.41) is 16.3. The lowest BCUT2D eigenvalue weighted by atomic mass is 10.1. The average molecular weight is 362 g/mol. The fourth-order valence-electron chi connectivity index (χ4n) is 2.58. The summed E-state index contributed by atoms with van der Waals surface area (Å²) in [6, 6.07) is 15.1. The van der Waals surface area contributed by atoms with Crippen molar-refractivity contribution < 1.29 is 9.21 Å². The monoisotopic (exact) mass is 362 g/mol. The van der Waals surface area contributed by atoms with Crippen LogP contribution in [-0.4, -0.2) is 26.0 Å². The molecule has 0 spiro atoms. The number of nitrogens with two attached hydrogens (primary N) is 1. The lowest BCUT2D eigenvalue weighted by Crippen LogP contribution is -2.30. The zero-order valence-electron chi connectivity index (χ0n) is 14.6. The van der Waals surface area contributed by atoms with Gasteiger partial charge in [0.15, 0.2) is 0 Å². The summed E-state index contributed by atoms with van der Waals surface area (Å²) < 4.78 is 5.20. The fourth-order valence-corrected chi connectivity index (χ4v) is 2.58. The number of amides is 1. The lowest BCUT2D eigenvalue weighted by molar-refractivity contribution is -0.132. The summed E-state index contributed by atoms with van der Waals surface area (Å²) >= 11 is 0. The smallest absolute Gasteiger partial charge is 0.312 e. The van der Waals surface area contributed by atoms with Crippen molar-refractivity contribution in [1.29, 1.82) is 5.26 Å². The van der Waals surface area contributed by atoms with Crippen molar-refractivity contribution in [2.24, 2.45) is 0 Å². The number of nitriles is 1. The van der Waals surface area contributed by atoms with Crippen LogP contribution in [-0.2, 0) is 24.3 Å². The SMILES string of the molecule is N#Cc1ccc(CN(Cc2nnc(N)o2)C(=O)CCc2ccccc2)cn1. The molecule has 136 valence electrons. The number of pyridine rings is 1. The van der Waals surface area contributed by atoms with E-state index < -0.39 is 0 Å². The number of carbonyl (C=O) groups is 1. The van der Waals surface area contributed by atoms with Gasteiger partial charge in [0.05, 0.1) is 6.54 Å².